The molecule has 0 saturated carbocycles. The van der Waals surface area contributed by atoms with Gasteiger partial charge in [0.15, 0.2) is 0 Å². The molecule has 0 amide bonds. The van der Waals surface area contributed by atoms with Gasteiger partial charge in [-0.15, -0.1) is 0 Å². The van der Waals surface area contributed by atoms with Crippen molar-refractivity contribution in [3.8, 4) is 5.75 Å². The first-order chi connectivity index (χ1) is 9.16. The Balaban J connectivity index is 3.29. The van der Waals surface area contributed by atoms with E-state index in [-0.39, 0.29) is 17.8 Å². The third-order valence-electron chi connectivity index (χ3n) is 3.50. The van der Waals surface area contributed by atoms with Crippen LogP contribution in [0.3, 0.4) is 0 Å². The number of aromatic hydroxyl groups is 1. The molecule has 3 nitrogen and oxygen atoms in total. The molecule has 0 fully saturated rings. The van der Waals surface area contributed by atoms with Gasteiger partial charge in [-0.3, -0.25) is 4.79 Å². The number of aryl methyl sites for hydroxylation is 1. The number of carbonyl (C=O) groups is 1. The second-order valence-corrected chi connectivity index (χ2v) is 6.74. The maximum Gasteiger partial charge on any atom is 0.303 e. The van der Waals surface area contributed by atoms with Crippen molar-refractivity contribution in [2.75, 3.05) is 5.75 Å². The molecular formula is C16H24O3S. The maximum absolute atomic E-state index is 11.0. The molecule has 0 aliphatic rings. The highest BCUT2D eigenvalue weighted by atomic mass is 32.1. The normalized spacial score (nSPS) is 13.2. The number of phenolic OH excluding ortho intramolecular Hbond substituents is 1. The van der Waals surface area contributed by atoms with E-state index in [0.29, 0.717) is 17.9 Å². The zero-order valence-electron chi connectivity index (χ0n) is 12.6. The summed E-state index contributed by atoms with van der Waals surface area (Å²) in [4.78, 5) is 11.0. The van der Waals surface area contributed by atoms with E-state index in [1.807, 2.05) is 39.8 Å². The van der Waals surface area contributed by atoms with Crippen LogP contribution in [0.25, 0.3) is 0 Å². The number of carboxylic acid groups (broad SMARTS) is 1. The summed E-state index contributed by atoms with van der Waals surface area (Å²) in [6.07, 6.45) is 0.803. The molecule has 112 valence electrons. The lowest BCUT2D eigenvalue weighted by Crippen LogP contribution is -2.14. The molecule has 1 aromatic carbocycles. The first-order valence-electron chi connectivity index (χ1n) is 6.83. The number of benzene rings is 1. The topological polar surface area (TPSA) is 57.5 Å². The molecule has 0 heterocycles. The molecule has 0 bridgehead atoms. The Bertz CT molecular complexity index is 489. The van der Waals surface area contributed by atoms with E-state index in [9.17, 15) is 9.90 Å². The molecule has 1 aromatic rings. The van der Waals surface area contributed by atoms with E-state index in [0.717, 1.165) is 16.7 Å². The van der Waals surface area contributed by atoms with Gasteiger partial charge in [-0.1, -0.05) is 32.9 Å². The van der Waals surface area contributed by atoms with Gasteiger partial charge in [0, 0.05) is 0 Å². The average molecular weight is 296 g/mol. The highest BCUT2D eigenvalue weighted by Gasteiger charge is 2.23. The van der Waals surface area contributed by atoms with Crippen molar-refractivity contribution in [2.24, 2.45) is 0 Å². The number of phenols is 1. The third kappa shape index (κ3) is 4.17. The summed E-state index contributed by atoms with van der Waals surface area (Å²) in [6.45, 7) is 7.97. The number of aliphatic carboxylic acids is 1. The van der Waals surface area contributed by atoms with E-state index >= 15 is 0 Å². The number of hydrogen-bond acceptors (Lipinski definition) is 3. The predicted octanol–water partition coefficient (Wildman–Crippen LogP) is 3.88. The lowest BCUT2D eigenvalue weighted by molar-refractivity contribution is -0.137. The van der Waals surface area contributed by atoms with E-state index in [1.54, 1.807) is 0 Å². The molecule has 1 atom stereocenters. The van der Waals surface area contributed by atoms with Gasteiger partial charge in [0.05, 0.1) is 6.42 Å². The fourth-order valence-corrected chi connectivity index (χ4v) is 2.68. The van der Waals surface area contributed by atoms with Gasteiger partial charge in [-0.2, -0.15) is 12.6 Å². The SMILES string of the molecule is Cc1cc(C(CCS)CC(=O)O)cc(C(C)(C)C)c1O. The Kier molecular flexibility index (Phi) is 5.51. The van der Waals surface area contributed by atoms with Crippen LogP contribution in [-0.2, 0) is 10.2 Å². The number of hydrogen-bond donors (Lipinski definition) is 3. The van der Waals surface area contributed by atoms with Crippen LogP contribution in [0, 0.1) is 6.92 Å². The van der Waals surface area contributed by atoms with Crippen LogP contribution in [-0.4, -0.2) is 21.9 Å². The van der Waals surface area contributed by atoms with Crippen LogP contribution in [0.4, 0.5) is 0 Å². The summed E-state index contributed by atoms with van der Waals surface area (Å²) in [5.74, 6) is 0.0781. The van der Waals surface area contributed by atoms with E-state index in [2.05, 4.69) is 12.6 Å². The van der Waals surface area contributed by atoms with Crippen LogP contribution in [0.1, 0.15) is 56.2 Å². The van der Waals surface area contributed by atoms with Crippen molar-refractivity contribution in [2.45, 2.75) is 51.9 Å². The summed E-state index contributed by atoms with van der Waals surface area (Å²) >= 11 is 4.22. The number of thiol groups is 1. The minimum atomic E-state index is -0.806. The summed E-state index contributed by atoms with van der Waals surface area (Å²) in [6, 6.07) is 3.83. The molecule has 20 heavy (non-hydrogen) atoms. The summed E-state index contributed by atoms with van der Waals surface area (Å²) in [5.41, 5.74) is 2.45. The second kappa shape index (κ2) is 6.53. The van der Waals surface area contributed by atoms with Crippen molar-refractivity contribution < 1.29 is 15.0 Å². The van der Waals surface area contributed by atoms with Gasteiger partial charge in [-0.25, -0.2) is 0 Å². The van der Waals surface area contributed by atoms with Gasteiger partial charge in [-0.05, 0) is 47.1 Å². The fraction of sp³-hybridized carbons (Fsp3) is 0.562. The Morgan fingerprint density at radius 3 is 2.40 bits per heavy atom. The molecule has 0 saturated heterocycles. The number of rotatable bonds is 5. The molecule has 1 rings (SSSR count). The molecule has 0 aliphatic heterocycles. The predicted molar refractivity (Wildman–Crippen MR) is 85.0 cm³/mol. The Morgan fingerprint density at radius 1 is 1.35 bits per heavy atom. The quantitative estimate of drug-likeness (QED) is 0.723. The first-order valence-corrected chi connectivity index (χ1v) is 7.46. The lowest BCUT2D eigenvalue weighted by atomic mass is 9.81. The minimum Gasteiger partial charge on any atom is -0.507 e. The van der Waals surface area contributed by atoms with Crippen molar-refractivity contribution >= 4 is 18.6 Å². The minimum absolute atomic E-state index is 0.0644. The Morgan fingerprint density at radius 2 is 1.95 bits per heavy atom. The summed E-state index contributed by atoms with van der Waals surface area (Å²) in [7, 11) is 0. The Hall–Kier alpha value is -1.16. The standard InChI is InChI=1S/C16H24O3S/c1-10-7-12(11(5-6-20)9-14(17)18)8-13(15(10)19)16(2,3)4/h7-8,11,19-20H,5-6,9H2,1-4H3,(H,17,18). The van der Waals surface area contributed by atoms with Crippen molar-refractivity contribution in [1.29, 1.82) is 0 Å². The zero-order chi connectivity index (χ0) is 15.5. The molecule has 0 radical (unpaired) electrons. The summed E-state index contributed by atoms with van der Waals surface area (Å²) < 4.78 is 0. The molecule has 2 N–H and O–H groups in total. The van der Waals surface area contributed by atoms with Gasteiger partial charge in [0.25, 0.3) is 0 Å². The summed E-state index contributed by atoms with van der Waals surface area (Å²) in [5, 5.41) is 19.3. The third-order valence-corrected chi connectivity index (χ3v) is 3.76. The van der Waals surface area contributed by atoms with Gasteiger partial charge in [0.1, 0.15) is 5.75 Å². The van der Waals surface area contributed by atoms with E-state index in [4.69, 9.17) is 5.11 Å². The highest BCUT2D eigenvalue weighted by Crippen LogP contribution is 2.37. The van der Waals surface area contributed by atoms with Crippen LogP contribution in [0.2, 0.25) is 0 Å². The van der Waals surface area contributed by atoms with Crippen molar-refractivity contribution in [3.63, 3.8) is 0 Å². The Labute approximate surface area is 126 Å². The monoisotopic (exact) mass is 296 g/mol. The van der Waals surface area contributed by atoms with E-state index in [1.165, 1.54) is 0 Å². The average Bonchev–Trinajstić information content (AvgIpc) is 2.29. The molecule has 1 unspecified atom stereocenters. The van der Waals surface area contributed by atoms with Crippen LogP contribution in [0.5, 0.6) is 5.75 Å². The van der Waals surface area contributed by atoms with Crippen LogP contribution in [0.15, 0.2) is 12.1 Å². The first kappa shape index (κ1) is 16.9. The zero-order valence-corrected chi connectivity index (χ0v) is 13.5. The molecule has 0 spiro atoms. The van der Waals surface area contributed by atoms with Crippen molar-refractivity contribution in [3.05, 3.63) is 28.8 Å². The van der Waals surface area contributed by atoms with Crippen LogP contribution < -0.4 is 0 Å². The maximum atomic E-state index is 11.0. The van der Waals surface area contributed by atoms with Crippen LogP contribution >= 0.6 is 12.6 Å². The van der Waals surface area contributed by atoms with Gasteiger partial charge in [0.2, 0.25) is 0 Å². The fourth-order valence-electron chi connectivity index (χ4n) is 2.37. The molecule has 4 heteroatoms. The number of carboxylic acids is 1. The lowest BCUT2D eigenvalue weighted by Gasteiger charge is -2.24. The molecule has 0 aliphatic carbocycles. The molecule has 0 aromatic heterocycles. The molecular weight excluding hydrogens is 272 g/mol. The van der Waals surface area contributed by atoms with Gasteiger partial charge >= 0.3 is 5.97 Å². The largest absolute Gasteiger partial charge is 0.507 e. The van der Waals surface area contributed by atoms with Crippen molar-refractivity contribution in [1.82, 2.24) is 0 Å². The highest BCUT2D eigenvalue weighted by molar-refractivity contribution is 7.80. The van der Waals surface area contributed by atoms with E-state index < -0.39 is 5.97 Å². The van der Waals surface area contributed by atoms with Gasteiger partial charge < -0.3 is 10.2 Å². The smallest absolute Gasteiger partial charge is 0.303 e. The second-order valence-electron chi connectivity index (χ2n) is 6.29.